The number of benzene rings is 2. The average Bonchev–Trinajstić information content (AvgIpc) is 2.80. The van der Waals surface area contributed by atoms with Crippen LogP contribution in [0.15, 0.2) is 42.5 Å². The quantitative estimate of drug-likeness (QED) is 0.247. The molecule has 5 heteroatoms. The molecule has 0 spiro atoms. The monoisotopic (exact) mass is 440 g/mol. The zero-order valence-electron chi connectivity index (χ0n) is 19.8. The summed E-state index contributed by atoms with van der Waals surface area (Å²) < 4.78 is 5.73. The molecule has 0 fully saturated rings. The van der Waals surface area contributed by atoms with Crippen molar-refractivity contribution >= 4 is 22.6 Å². The normalized spacial score (nSPS) is 11.8. The molecule has 2 aromatic rings. The third-order valence-corrected chi connectivity index (χ3v) is 5.74. The highest BCUT2D eigenvalue weighted by Gasteiger charge is 2.15. The summed E-state index contributed by atoms with van der Waals surface area (Å²) in [5.41, 5.74) is 4.96. The molecule has 2 N–H and O–H groups in total. The molecule has 1 atom stereocenters. The van der Waals surface area contributed by atoms with Crippen molar-refractivity contribution in [3.63, 3.8) is 0 Å². The molecule has 0 heterocycles. The van der Waals surface area contributed by atoms with Gasteiger partial charge in [-0.05, 0) is 36.2 Å². The first-order chi connectivity index (χ1) is 15.6. The molecule has 2 aromatic carbocycles. The second-order valence-corrected chi connectivity index (χ2v) is 8.59. The third-order valence-electron chi connectivity index (χ3n) is 5.74. The Kier molecular flexibility index (Phi) is 12.3. The highest BCUT2D eigenvalue weighted by Crippen LogP contribution is 2.21. The molecule has 0 aromatic heterocycles. The number of fused-ring (bicyclic) bond motifs is 1. The highest BCUT2D eigenvalue weighted by atomic mass is 16.5. The van der Waals surface area contributed by atoms with Gasteiger partial charge in [-0.1, -0.05) is 101 Å². The first-order valence-corrected chi connectivity index (χ1v) is 12.3. The molecule has 0 aliphatic carbocycles. The predicted molar refractivity (Wildman–Crippen MR) is 131 cm³/mol. The van der Waals surface area contributed by atoms with E-state index in [0.717, 1.165) is 23.6 Å². The summed E-state index contributed by atoms with van der Waals surface area (Å²) >= 11 is 0. The van der Waals surface area contributed by atoms with Gasteiger partial charge in [0.15, 0.2) is 6.10 Å². The van der Waals surface area contributed by atoms with Crippen LogP contribution in [0, 0.1) is 0 Å². The number of hydrogen-bond acceptors (Lipinski definition) is 3. The lowest BCUT2D eigenvalue weighted by Gasteiger charge is -2.15. The van der Waals surface area contributed by atoms with Crippen molar-refractivity contribution < 1.29 is 14.3 Å². The van der Waals surface area contributed by atoms with Gasteiger partial charge in [-0.15, -0.1) is 0 Å². The van der Waals surface area contributed by atoms with Gasteiger partial charge in [-0.3, -0.25) is 20.4 Å². The molecule has 0 aliphatic rings. The Morgan fingerprint density at radius 2 is 1.38 bits per heavy atom. The summed E-state index contributed by atoms with van der Waals surface area (Å²) in [5.74, 6) is 0.0938. The molecule has 0 radical (unpaired) electrons. The number of rotatable bonds is 15. The number of hydrogen-bond donors (Lipinski definition) is 2. The van der Waals surface area contributed by atoms with Gasteiger partial charge in [0.1, 0.15) is 5.75 Å². The van der Waals surface area contributed by atoms with E-state index in [4.69, 9.17) is 4.74 Å². The van der Waals surface area contributed by atoms with Crippen LogP contribution in [0.5, 0.6) is 5.75 Å². The van der Waals surface area contributed by atoms with Crippen molar-refractivity contribution in [2.24, 2.45) is 0 Å². The number of ether oxygens (including phenoxy) is 1. The fraction of sp³-hybridized carbons (Fsp3) is 0.556. The molecule has 2 rings (SSSR count). The van der Waals surface area contributed by atoms with Gasteiger partial charge >= 0.3 is 0 Å². The van der Waals surface area contributed by atoms with E-state index >= 15 is 0 Å². The van der Waals surface area contributed by atoms with Gasteiger partial charge in [0.25, 0.3) is 5.91 Å². The minimum Gasteiger partial charge on any atom is -0.481 e. The lowest BCUT2D eigenvalue weighted by molar-refractivity contribution is -0.132. The maximum absolute atomic E-state index is 12.2. The zero-order valence-corrected chi connectivity index (χ0v) is 19.8. The van der Waals surface area contributed by atoms with E-state index in [9.17, 15) is 9.59 Å². The number of carbonyl (C=O) groups excluding carboxylic acids is 2. The van der Waals surface area contributed by atoms with Gasteiger partial charge in [-0.2, -0.15) is 0 Å². The number of nitrogens with one attached hydrogen (secondary N) is 2. The Balaban J connectivity index is 1.52. The largest absolute Gasteiger partial charge is 0.481 e. The SMILES string of the molecule is CCCCCCCCCCCCCC(=O)NNC(=O)C(C)Oc1ccc2ccccc2c1. The van der Waals surface area contributed by atoms with Crippen LogP contribution >= 0.6 is 0 Å². The van der Waals surface area contributed by atoms with Crippen molar-refractivity contribution in [3.05, 3.63) is 42.5 Å². The minimum absolute atomic E-state index is 0.160. The molecule has 2 amide bonds. The van der Waals surface area contributed by atoms with E-state index in [1.165, 1.54) is 57.8 Å². The van der Waals surface area contributed by atoms with Gasteiger partial charge in [-0.25, -0.2) is 0 Å². The van der Waals surface area contributed by atoms with E-state index in [-0.39, 0.29) is 11.8 Å². The molecule has 1 unspecified atom stereocenters. The Hall–Kier alpha value is -2.56. The Bertz CT molecular complexity index is 821. The van der Waals surface area contributed by atoms with Crippen LogP contribution in [-0.2, 0) is 9.59 Å². The van der Waals surface area contributed by atoms with Gasteiger partial charge in [0.05, 0.1) is 0 Å². The predicted octanol–water partition coefficient (Wildman–Crippen LogP) is 6.46. The second kappa shape index (κ2) is 15.3. The number of unbranched alkanes of at least 4 members (excludes halogenated alkanes) is 10. The molecule has 5 nitrogen and oxygen atoms in total. The molecular weight excluding hydrogens is 400 g/mol. The standard InChI is InChI=1S/C27H40N2O3/c1-3-4-5-6-7-8-9-10-11-12-13-18-26(30)28-29-27(31)22(2)32-25-20-19-23-16-14-15-17-24(23)21-25/h14-17,19-22H,3-13,18H2,1-2H3,(H,28,30)(H,29,31). The third kappa shape index (κ3) is 10.2. The van der Waals surface area contributed by atoms with Gasteiger partial charge in [0.2, 0.25) is 5.91 Å². The molecule has 176 valence electrons. The highest BCUT2D eigenvalue weighted by molar-refractivity contribution is 5.85. The van der Waals surface area contributed by atoms with Crippen LogP contribution in [0.3, 0.4) is 0 Å². The maximum Gasteiger partial charge on any atom is 0.279 e. The molecule has 0 aliphatic heterocycles. The van der Waals surface area contributed by atoms with Crippen LogP contribution in [0.25, 0.3) is 10.8 Å². The van der Waals surface area contributed by atoms with Crippen molar-refractivity contribution in [2.75, 3.05) is 0 Å². The number of amides is 2. The summed E-state index contributed by atoms with van der Waals surface area (Å²) in [7, 11) is 0. The summed E-state index contributed by atoms with van der Waals surface area (Å²) in [5, 5.41) is 2.17. The second-order valence-electron chi connectivity index (χ2n) is 8.59. The number of carbonyl (C=O) groups is 2. The van der Waals surface area contributed by atoms with Crippen molar-refractivity contribution in [2.45, 2.75) is 97.0 Å². The van der Waals surface area contributed by atoms with Crippen molar-refractivity contribution in [1.82, 2.24) is 10.9 Å². The Labute approximate surface area is 193 Å². The number of hydrazine groups is 1. The van der Waals surface area contributed by atoms with Crippen molar-refractivity contribution in [3.8, 4) is 5.75 Å². The lowest BCUT2D eigenvalue weighted by atomic mass is 10.1. The van der Waals surface area contributed by atoms with Crippen LogP contribution in [-0.4, -0.2) is 17.9 Å². The minimum atomic E-state index is -0.710. The fourth-order valence-electron chi connectivity index (χ4n) is 3.74. The van der Waals surface area contributed by atoms with E-state index < -0.39 is 6.10 Å². The van der Waals surface area contributed by atoms with E-state index in [1.54, 1.807) is 6.92 Å². The molecular formula is C27H40N2O3. The molecule has 0 saturated carbocycles. The Morgan fingerprint density at radius 1 is 0.781 bits per heavy atom. The molecule has 0 saturated heterocycles. The average molecular weight is 441 g/mol. The van der Waals surface area contributed by atoms with E-state index in [2.05, 4.69) is 17.8 Å². The molecule has 0 bridgehead atoms. The van der Waals surface area contributed by atoms with Crippen LogP contribution in [0.2, 0.25) is 0 Å². The van der Waals surface area contributed by atoms with Gasteiger partial charge in [0, 0.05) is 6.42 Å². The summed E-state index contributed by atoms with van der Waals surface area (Å²) in [6.45, 7) is 3.91. The molecule has 32 heavy (non-hydrogen) atoms. The first-order valence-electron chi connectivity index (χ1n) is 12.3. The lowest BCUT2D eigenvalue weighted by Crippen LogP contribution is -2.47. The Morgan fingerprint density at radius 3 is 2.03 bits per heavy atom. The van der Waals surface area contributed by atoms with E-state index in [1.807, 2.05) is 42.5 Å². The summed E-state index contributed by atoms with van der Waals surface area (Å²) in [6, 6.07) is 13.7. The summed E-state index contributed by atoms with van der Waals surface area (Å²) in [4.78, 5) is 24.2. The van der Waals surface area contributed by atoms with Crippen LogP contribution < -0.4 is 15.6 Å². The smallest absolute Gasteiger partial charge is 0.279 e. The summed E-state index contributed by atoms with van der Waals surface area (Å²) in [6.07, 6.45) is 13.4. The first kappa shape index (κ1) is 25.7. The maximum atomic E-state index is 12.2. The van der Waals surface area contributed by atoms with Crippen LogP contribution in [0.1, 0.15) is 90.9 Å². The van der Waals surface area contributed by atoms with Crippen LogP contribution in [0.4, 0.5) is 0 Å². The van der Waals surface area contributed by atoms with Gasteiger partial charge < -0.3 is 4.74 Å². The fourth-order valence-corrected chi connectivity index (χ4v) is 3.74. The zero-order chi connectivity index (χ0) is 23.0. The van der Waals surface area contributed by atoms with E-state index in [0.29, 0.717) is 12.2 Å². The van der Waals surface area contributed by atoms with Crippen molar-refractivity contribution in [1.29, 1.82) is 0 Å². The topological polar surface area (TPSA) is 67.4 Å².